The minimum absolute atomic E-state index is 0.160. The maximum absolute atomic E-state index is 12.4. The number of hydrogen-bond acceptors (Lipinski definition) is 1. The molecular weight excluding hydrogens is 390 g/mol. The van der Waals surface area contributed by atoms with Gasteiger partial charge in [0.15, 0.2) is 0 Å². The van der Waals surface area contributed by atoms with Gasteiger partial charge in [0, 0.05) is 11.5 Å². The van der Waals surface area contributed by atoms with Crippen LogP contribution in [0.25, 0.3) is 10.8 Å². The van der Waals surface area contributed by atoms with Crippen molar-refractivity contribution >= 4 is 10.8 Å². The second-order valence-electron chi connectivity index (χ2n) is 8.30. The van der Waals surface area contributed by atoms with E-state index >= 15 is 0 Å². The largest absolute Gasteiger partial charge is 0.435 e. The minimum Gasteiger partial charge on any atom is -0.435 e. The quantitative estimate of drug-likeness (QED) is 0.294. The maximum atomic E-state index is 12.4. The van der Waals surface area contributed by atoms with Gasteiger partial charge in [0.05, 0.1) is 0 Å². The summed E-state index contributed by atoms with van der Waals surface area (Å²) >= 11 is 0. The van der Waals surface area contributed by atoms with Crippen LogP contribution in [-0.2, 0) is 6.42 Å². The normalized spacial score (nSPS) is 17.8. The van der Waals surface area contributed by atoms with Gasteiger partial charge >= 0.3 is 6.61 Å². The smallest absolute Gasteiger partial charge is 0.387 e. The molecule has 0 amide bonds. The SMILES string of the molecule is CCCCC[C@@H]1CCc2c(ccc3ccccc23)[C@H]1C#Cc1ccc(OC(F)F)cc1. The van der Waals surface area contributed by atoms with Crippen molar-refractivity contribution in [1.82, 2.24) is 0 Å². The predicted molar refractivity (Wildman–Crippen MR) is 123 cm³/mol. The van der Waals surface area contributed by atoms with Crippen LogP contribution in [0.5, 0.6) is 5.75 Å². The highest BCUT2D eigenvalue weighted by Gasteiger charge is 2.29. The van der Waals surface area contributed by atoms with E-state index in [1.807, 2.05) is 0 Å². The molecule has 1 nitrogen and oxygen atoms in total. The Morgan fingerprint density at radius 3 is 2.58 bits per heavy atom. The molecule has 3 aromatic rings. The molecule has 4 rings (SSSR count). The van der Waals surface area contributed by atoms with Crippen molar-refractivity contribution in [2.24, 2.45) is 5.92 Å². The molecule has 3 heteroatoms. The molecule has 3 aromatic carbocycles. The van der Waals surface area contributed by atoms with Gasteiger partial charge in [-0.05, 0) is 71.3 Å². The van der Waals surface area contributed by atoms with Gasteiger partial charge in [-0.15, -0.1) is 0 Å². The van der Waals surface area contributed by atoms with Crippen LogP contribution in [0.3, 0.4) is 0 Å². The van der Waals surface area contributed by atoms with E-state index in [1.165, 1.54) is 47.6 Å². The fourth-order valence-electron chi connectivity index (χ4n) is 4.72. The minimum atomic E-state index is -2.81. The summed E-state index contributed by atoms with van der Waals surface area (Å²) in [4.78, 5) is 0. The molecule has 1 aliphatic rings. The van der Waals surface area contributed by atoms with E-state index in [-0.39, 0.29) is 11.7 Å². The molecule has 1 aliphatic carbocycles. The van der Waals surface area contributed by atoms with E-state index in [9.17, 15) is 8.78 Å². The number of alkyl halides is 2. The van der Waals surface area contributed by atoms with E-state index in [0.29, 0.717) is 5.92 Å². The Morgan fingerprint density at radius 2 is 1.81 bits per heavy atom. The van der Waals surface area contributed by atoms with E-state index in [4.69, 9.17) is 0 Å². The van der Waals surface area contributed by atoms with Gasteiger partial charge in [-0.3, -0.25) is 0 Å². The molecule has 0 aromatic heterocycles. The average molecular weight is 419 g/mol. The molecule has 0 spiro atoms. The fraction of sp³-hybridized carbons (Fsp3) is 0.357. The van der Waals surface area contributed by atoms with Crippen molar-refractivity contribution in [3.05, 3.63) is 77.4 Å². The van der Waals surface area contributed by atoms with E-state index in [0.717, 1.165) is 18.4 Å². The van der Waals surface area contributed by atoms with Crippen molar-refractivity contribution in [2.75, 3.05) is 0 Å². The summed E-state index contributed by atoms with van der Waals surface area (Å²) in [7, 11) is 0. The highest BCUT2D eigenvalue weighted by molar-refractivity contribution is 5.87. The second-order valence-corrected chi connectivity index (χ2v) is 8.30. The standard InChI is InChI=1S/C28H28F2O/c1-2-3-4-7-22-14-18-26-24-9-6-5-8-21(24)13-19-27(26)25(22)17-12-20-10-15-23(16-11-20)31-28(29)30/h5-6,8-11,13,15-16,19,22,25,28H,2-4,7,14,18H2,1H3/t22-,25+/m1/s1. The number of ether oxygens (including phenoxy) is 1. The van der Waals surface area contributed by atoms with Crippen molar-refractivity contribution in [3.63, 3.8) is 0 Å². The van der Waals surface area contributed by atoms with Crippen LogP contribution < -0.4 is 4.74 Å². The van der Waals surface area contributed by atoms with E-state index in [1.54, 1.807) is 24.3 Å². The first-order chi connectivity index (χ1) is 15.2. The van der Waals surface area contributed by atoms with Crippen LogP contribution in [0, 0.1) is 17.8 Å². The third-order valence-electron chi connectivity index (χ3n) is 6.28. The zero-order valence-electron chi connectivity index (χ0n) is 17.9. The van der Waals surface area contributed by atoms with Crippen molar-refractivity contribution in [2.45, 2.75) is 58.0 Å². The summed E-state index contributed by atoms with van der Waals surface area (Å²) in [6.07, 6.45) is 7.17. The lowest BCUT2D eigenvalue weighted by molar-refractivity contribution is -0.0498. The lowest BCUT2D eigenvalue weighted by Crippen LogP contribution is -2.20. The molecule has 0 saturated heterocycles. The van der Waals surface area contributed by atoms with Gasteiger partial charge in [-0.2, -0.15) is 8.78 Å². The number of unbranched alkanes of at least 4 members (excludes halogenated alkanes) is 2. The van der Waals surface area contributed by atoms with Crippen molar-refractivity contribution < 1.29 is 13.5 Å². The first-order valence-corrected chi connectivity index (χ1v) is 11.2. The molecule has 31 heavy (non-hydrogen) atoms. The van der Waals surface area contributed by atoms with Gasteiger partial charge in [0.2, 0.25) is 0 Å². The molecular formula is C28H28F2O. The van der Waals surface area contributed by atoms with Crippen molar-refractivity contribution in [3.8, 4) is 17.6 Å². The number of rotatable bonds is 6. The molecule has 0 aliphatic heterocycles. The van der Waals surface area contributed by atoms with Gasteiger partial charge in [-0.25, -0.2) is 0 Å². The molecule has 0 saturated carbocycles. The predicted octanol–water partition coefficient (Wildman–Crippen LogP) is 7.72. The summed E-state index contributed by atoms with van der Waals surface area (Å²) in [6, 6.07) is 19.7. The van der Waals surface area contributed by atoms with Crippen LogP contribution in [0.15, 0.2) is 60.7 Å². The fourth-order valence-corrected chi connectivity index (χ4v) is 4.72. The first-order valence-electron chi connectivity index (χ1n) is 11.2. The molecule has 0 unspecified atom stereocenters. The van der Waals surface area contributed by atoms with Crippen molar-refractivity contribution in [1.29, 1.82) is 0 Å². The Balaban J connectivity index is 1.65. The van der Waals surface area contributed by atoms with Gasteiger partial charge in [-0.1, -0.05) is 74.4 Å². The number of aryl methyl sites for hydroxylation is 1. The molecule has 0 bridgehead atoms. The second kappa shape index (κ2) is 9.96. The van der Waals surface area contributed by atoms with Crippen LogP contribution in [0.2, 0.25) is 0 Å². The Hall–Kier alpha value is -2.86. The molecule has 0 radical (unpaired) electrons. The van der Waals surface area contributed by atoms with E-state index < -0.39 is 6.61 Å². The zero-order valence-corrected chi connectivity index (χ0v) is 17.9. The molecule has 2 atom stereocenters. The summed E-state index contributed by atoms with van der Waals surface area (Å²) in [5, 5.41) is 2.62. The summed E-state index contributed by atoms with van der Waals surface area (Å²) < 4.78 is 29.2. The van der Waals surface area contributed by atoms with Crippen LogP contribution in [0.4, 0.5) is 8.78 Å². The molecule has 0 heterocycles. The van der Waals surface area contributed by atoms with Crippen LogP contribution in [0.1, 0.15) is 61.6 Å². The highest BCUT2D eigenvalue weighted by atomic mass is 19.3. The lowest BCUT2D eigenvalue weighted by Gasteiger charge is -2.31. The Labute approximate surface area is 183 Å². The van der Waals surface area contributed by atoms with Gasteiger partial charge < -0.3 is 4.74 Å². The Kier molecular flexibility index (Phi) is 6.87. The van der Waals surface area contributed by atoms with E-state index in [2.05, 4.69) is 59.9 Å². The van der Waals surface area contributed by atoms with Gasteiger partial charge in [0.25, 0.3) is 0 Å². The van der Waals surface area contributed by atoms with Crippen LogP contribution >= 0.6 is 0 Å². The topological polar surface area (TPSA) is 9.23 Å². The van der Waals surface area contributed by atoms with Crippen LogP contribution in [-0.4, -0.2) is 6.61 Å². The summed E-state index contributed by atoms with van der Waals surface area (Å²) in [6.45, 7) is -0.574. The maximum Gasteiger partial charge on any atom is 0.387 e. The number of halogens is 2. The Morgan fingerprint density at radius 1 is 1.00 bits per heavy atom. The monoisotopic (exact) mass is 418 g/mol. The molecule has 0 fully saturated rings. The number of fused-ring (bicyclic) bond motifs is 3. The summed E-state index contributed by atoms with van der Waals surface area (Å²) in [5.41, 5.74) is 3.61. The Bertz CT molecular complexity index is 1080. The third-order valence-corrected chi connectivity index (χ3v) is 6.28. The first kappa shape index (κ1) is 21.4. The van der Waals surface area contributed by atoms with Gasteiger partial charge in [0.1, 0.15) is 5.75 Å². The third kappa shape index (κ3) is 5.07. The molecule has 160 valence electrons. The average Bonchev–Trinajstić information content (AvgIpc) is 2.78. The summed E-state index contributed by atoms with van der Waals surface area (Å²) in [5.74, 6) is 7.77. The number of benzene rings is 3. The lowest BCUT2D eigenvalue weighted by atomic mass is 9.72. The number of hydrogen-bond donors (Lipinski definition) is 0. The highest BCUT2D eigenvalue weighted by Crippen LogP contribution is 2.41. The molecule has 0 N–H and O–H groups in total. The zero-order chi connectivity index (χ0) is 21.6.